The maximum absolute atomic E-state index is 10.9. The number of aromatic nitrogens is 5. The number of hydrogen-bond acceptors (Lipinski definition) is 5. The van der Waals surface area contributed by atoms with Gasteiger partial charge in [0.15, 0.2) is 0 Å². The Labute approximate surface area is 128 Å². The van der Waals surface area contributed by atoms with Gasteiger partial charge >= 0.3 is 0 Å². The highest BCUT2D eigenvalue weighted by Gasteiger charge is 2.44. The zero-order chi connectivity index (χ0) is 14.7. The Bertz CT molecular complexity index is 686. The minimum absolute atomic E-state index is 0.100. The van der Waals surface area contributed by atoms with E-state index in [1.807, 2.05) is 23.4 Å². The predicted octanol–water partition coefficient (Wildman–Crippen LogP) is 1.41. The van der Waals surface area contributed by atoms with Gasteiger partial charge in [0.25, 0.3) is 0 Å². The third-order valence-electron chi connectivity index (χ3n) is 5.29. The van der Waals surface area contributed by atoms with Crippen molar-refractivity contribution in [2.75, 3.05) is 0 Å². The van der Waals surface area contributed by atoms with Gasteiger partial charge in [0.05, 0.1) is 24.3 Å². The molecule has 2 aliphatic carbocycles. The lowest BCUT2D eigenvalue weighted by atomic mass is 9.93. The van der Waals surface area contributed by atoms with E-state index in [0.29, 0.717) is 17.8 Å². The Morgan fingerprint density at radius 1 is 1.18 bits per heavy atom. The molecule has 2 atom stereocenters. The van der Waals surface area contributed by atoms with Crippen LogP contribution in [0.3, 0.4) is 0 Å². The average Bonchev–Trinajstić information content (AvgIpc) is 2.88. The van der Waals surface area contributed by atoms with Crippen molar-refractivity contribution >= 4 is 0 Å². The maximum atomic E-state index is 10.9. The first kappa shape index (κ1) is 12.8. The lowest BCUT2D eigenvalue weighted by Gasteiger charge is -2.28. The lowest BCUT2D eigenvalue weighted by Crippen LogP contribution is -2.31. The maximum Gasteiger partial charge on any atom is 0.134 e. The van der Waals surface area contributed by atoms with E-state index in [9.17, 15) is 5.11 Å². The molecule has 2 unspecified atom stereocenters. The lowest BCUT2D eigenvalue weighted by molar-refractivity contribution is 0.0157. The van der Waals surface area contributed by atoms with Crippen molar-refractivity contribution in [2.24, 2.45) is 0 Å². The fraction of sp³-hybridized carbons (Fsp3) is 0.667. The molecule has 116 valence electrons. The molecule has 2 aromatic rings. The summed E-state index contributed by atoms with van der Waals surface area (Å²) < 4.78 is 4.01. The molecule has 5 rings (SSSR count). The molecule has 0 saturated heterocycles. The number of nitrogens with zero attached hydrogens (tertiary/aromatic N) is 6. The molecule has 0 bridgehead atoms. The van der Waals surface area contributed by atoms with E-state index >= 15 is 0 Å². The molecular formula is C15H20N6O. The van der Waals surface area contributed by atoms with Crippen LogP contribution in [0.5, 0.6) is 0 Å². The summed E-state index contributed by atoms with van der Waals surface area (Å²) in [6, 6.07) is 1.06. The highest BCUT2D eigenvalue weighted by atomic mass is 16.3. The van der Waals surface area contributed by atoms with E-state index in [2.05, 4.69) is 24.8 Å². The molecule has 2 fully saturated rings. The molecule has 7 heteroatoms. The quantitative estimate of drug-likeness (QED) is 0.924. The van der Waals surface area contributed by atoms with E-state index < -0.39 is 6.10 Å². The molecule has 0 radical (unpaired) electrons. The van der Waals surface area contributed by atoms with Gasteiger partial charge in [0.1, 0.15) is 18.0 Å². The van der Waals surface area contributed by atoms with E-state index in [0.717, 1.165) is 6.54 Å². The van der Waals surface area contributed by atoms with Gasteiger partial charge in [-0.3, -0.25) is 4.90 Å². The minimum Gasteiger partial charge on any atom is -0.383 e. The SMILES string of the molecule is OC(c1cn(C2CCC2)nn1)C1N(C2CC2)Cc2cncn21. The fourth-order valence-electron chi connectivity index (χ4n) is 3.63. The van der Waals surface area contributed by atoms with E-state index in [1.54, 1.807) is 0 Å². The Morgan fingerprint density at radius 3 is 2.77 bits per heavy atom. The van der Waals surface area contributed by atoms with Crippen LogP contribution in [0.2, 0.25) is 0 Å². The van der Waals surface area contributed by atoms with Crippen LogP contribution in [0.1, 0.15) is 61.8 Å². The van der Waals surface area contributed by atoms with Crippen molar-refractivity contribution in [1.82, 2.24) is 29.4 Å². The van der Waals surface area contributed by atoms with Gasteiger partial charge in [0, 0.05) is 18.8 Å². The summed E-state index contributed by atoms with van der Waals surface area (Å²) in [4.78, 5) is 6.60. The summed E-state index contributed by atoms with van der Waals surface area (Å²) >= 11 is 0. The van der Waals surface area contributed by atoms with Gasteiger partial charge in [-0.15, -0.1) is 5.10 Å². The van der Waals surface area contributed by atoms with Crippen molar-refractivity contribution in [2.45, 2.75) is 63.0 Å². The van der Waals surface area contributed by atoms with Gasteiger partial charge in [-0.25, -0.2) is 9.67 Å². The predicted molar refractivity (Wildman–Crippen MR) is 77.7 cm³/mol. The normalized spacial score (nSPS) is 26.9. The molecule has 1 N–H and O–H groups in total. The zero-order valence-electron chi connectivity index (χ0n) is 12.4. The van der Waals surface area contributed by atoms with Gasteiger partial charge in [-0.1, -0.05) is 5.21 Å². The Hall–Kier alpha value is -1.73. The molecule has 3 heterocycles. The topological polar surface area (TPSA) is 72.0 Å². The molecule has 2 saturated carbocycles. The number of aliphatic hydroxyl groups is 1. The first-order chi connectivity index (χ1) is 10.8. The van der Waals surface area contributed by atoms with Crippen LogP contribution in [-0.2, 0) is 6.54 Å². The first-order valence-corrected chi connectivity index (χ1v) is 8.17. The Balaban J connectivity index is 1.45. The second-order valence-corrected chi connectivity index (χ2v) is 6.76. The fourth-order valence-corrected chi connectivity index (χ4v) is 3.63. The number of rotatable bonds is 4. The van der Waals surface area contributed by atoms with Crippen molar-refractivity contribution in [1.29, 1.82) is 0 Å². The summed E-state index contributed by atoms with van der Waals surface area (Å²) in [6.07, 6.45) is 10.9. The van der Waals surface area contributed by atoms with Crippen LogP contribution in [0.15, 0.2) is 18.7 Å². The molecule has 7 nitrogen and oxygen atoms in total. The number of fused-ring (bicyclic) bond motifs is 1. The third kappa shape index (κ3) is 1.85. The number of aliphatic hydroxyl groups excluding tert-OH is 1. The monoisotopic (exact) mass is 300 g/mol. The van der Waals surface area contributed by atoms with Crippen molar-refractivity contribution in [3.8, 4) is 0 Å². The smallest absolute Gasteiger partial charge is 0.134 e. The van der Waals surface area contributed by atoms with Gasteiger partial charge in [-0.2, -0.15) is 0 Å². The van der Waals surface area contributed by atoms with E-state index in [4.69, 9.17) is 0 Å². The first-order valence-electron chi connectivity index (χ1n) is 8.17. The van der Waals surface area contributed by atoms with Gasteiger partial charge in [0.2, 0.25) is 0 Å². The number of hydrogen-bond donors (Lipinski definition) is 1. The molecule has 1 aliphatic heterocycles. The van der Waals surface area contributed by atoms with Crippen LogP contribution in [0, 0.1) is 0 Å². The Morgan fingerprint density at radius 2 is 2.05 bits per heavy atom. The van der Waals surface area contributed by atoms with Crippen LogP contribution in [0.25, 0.3) is 0 Å². The van der Waals surface area contributed by atoms with Crippen molar-refractivity contribution in [3.05, 3.63) is 30.1 Å². The van der Waals surface area contributed by atoms with Gasteiger partial charge in [-0.05, 0) is 32.1 Å². The van der Waals surface area contributed by atoms with E-state index in [-0.39, 0.29) is 6.17 Å². The molecule has 2 aromatic heterocycles. The van der Waals surface area contributed by atoms with E-state index in [1.165, 1.54) is 37.8 Å². The summed E-state index contributed by atoms with van der Waals surface area (Å²) in [5.74, 6) is 0. The molecule has 0 aromatic carbocycles. The summed E-state index contributed by atoms with van der Waals surface area (Å²) in [6.45, 7) is 0.864. The van der Waals surface area contributed by atoms with Gasteiger partial charge < -0.3 is 9.67 Å². The Kier molecular flexibility index (Phi) is 2.69. The standard InChI is InChI=1S/C15H20N6O/c22-14(13-8-21(18-17-13)11-2-1-3-11)15-19(10-4-5-10)7-12-6-16-9-20(12)15/h6,8-11,14-15,22H,1-5,7H2. The average molecular weight is 300 g/mol. The van der Waals surface area contributed by atoms with Crippen LogP contribution >= 0.6 is 0 Å². The summed E-state index contributed by atoms with van der Waals surface area (Å²) in [5, 5.41) is 19.4. The minimum atomic E-state index is -0.662. The molecule has 22 heavy (non-hydrogen) atoms. The highest BCUT2D eigenvalue weighted by molar-refractivity contribution is 5.13. The second kappa shape index (κ2) is 4.63. The molecule has 0 spiro atoms. The van der Waals surface area contributed by atoms with Crippen molar-refractivity contribution in [3.63, 3.8) is 0 Å². The third-order valence-corrected chi connectivity index (χ3v) is 5.29. The van der Waals surface area contributed by atoms with Crippen LogP contribution < -0.4 is 0 Å². The number of imidazole rings is 1. The molecule has 0 amide bonds. The molecule has 3 aliphatic rings. The van der Waals surface area contributed by atoms with Crippen molar-refractivity contribution < 1.29 is 5.11 Å². The molecular weight excluding hydrogens is 280 g/mol. The summed E-state index contributed by atoms with van der Waals surface area (Å²) in [7, 11) is 0. The van der Waals surface area contributed by atoms with Crippen LogP contribution in [0.4, 0.5) is 0 Å². The zero-order valence-corrected chi connectivity index (χ0v) is 12.4. The second-order valence-electron chi connectivity index (χ2n) is 6.76. The largest absolute Gasteiger partial charge is 0.383 e. The summed E-state index contributed by atoms with van der Waals surface area (Å²) in [5.41, 5.74) is 1.84. The highest BCUT2D eigenvalue weighted by Crippen LogP contribution is 2.43. The van der Waals surface area contributed by atoms with Crippen LogP contribution in [-0.4, -0.2) is 40.6 Å².